The summed E-state index contributed by atoms with van der Waals surface area (Å²) in [5, 5.41) is 4.74. The maximum Gasteiger partial charge on any atom is 0.161 e. The number of hydrogen-bond donors (Lipinski definition) is 1. The van der Waals surface area contributed by atoms with Crippen molar-refractivity contribution in [2.45, 2.75) is 45.6 Å². The smallest absolute Gasteiger partial charge is 0.161 e. The number of ether oxygens (including phenoxy) is 2. The lowest BCUT2D eigenvalue weighted by Crippen LogP contribution is -2.02. The maximum absolute atomic E-state index is 5.43. The van der Waals surface area contributed by atoms with Crippen LogP contribution in [0, 0.1) is 0 Å². The third kappa shape index (κ3) is 3.47. The van der Waals surface area contributed by atoms with E-state index in [-0.39, 0.29) is 0 Å². The Labute approximate surface area is 185 Å². The number of aryl methyl sites for hydroxylation is 2. The van der Waals surface area contributed by atoms with E-state index in [2.05, 4.69) is 22.2 Å². The second-order valence-electron chi connectivity index (χ2n) is 7.84. The minimum atomic E-state index is 0.632. The van der Waals surface area contributed by atoms with Crippen molar-refractivity contribution in [2.75, 3.05) is 19.5 Å². The molecule has 0 atom stereocenters. The van der Waals surface area contributed by atoms with Crippen molar-refractivity contribution in [3.05, 3.63) is 46.9 Å². The largest absolute Gasteiger partial charge is 0.493 e. The van der Waals surface area contributed by atoms with E-state index >= 15 is 0 Å². The zero-order valence-electron chi connectivity index (χ0n) is 18.1. The summed E-state index contributed by atoms with van der Waals surface area (Å²) in [6.07, 6.45) is 7.29. The minimum absolute atomic E-state index is 0.632. The van der Waals surface area contributed by atoms with Gasteiger partial charge in [-0.2, -0.15) is 0 Å². The number of nitrogens with zero attached hydrogens (tertiary/aromatic N) is 3. The van der Waals surface area contributed by atoms with E-state index in [1.807, 2.05) is 18.2 Å². The number of hydrogen-bond acceptors (Lipinski definition) is 7. The summed E-state index contributed by atoms with van der Waals surface area (Å²) in [5.41, 5.74) is 6.33. The van der Waals surface area contributed by atoms with Crippen LogP contribution in [0.2, 0.25) is 0 Å². The number of nitrogens with one attached hydrogen (secondary N) is 1. The summed E-state index contributed by atoms with van der Waals surface area (Å²) in [6.45, 7) is 2.85. The monoisotopic (exact) mass is 434 g/mol. The molecule has 0 saturated heterocycles. The molecule has 160 valence electrons. The maximum atomic E-state index is 5.43. The van der Waals surface area contributed by atoms with Crippen LogP contribution in [-0.4, -0.2) is 29.2 Å². The topological polar surface area (TPSA) is 69.2 Å². The lowest BCUT2D eigenvalue weighted by molar-refractivity contribution is 0.354. The lowest BCUT2D eigenvalue weighted by atomic mass is 10.0. The van der Waals surface area contributed by atoms with Gasteiger partial charge in [-0.3, -0.25) is 0 Å². The van der Waals surface area contributed by atoms with Crippen molar-refractivity contribution in [3.8, 4) is 11.5 Å². The van der Waals surface area contributed by atoms with Crippen LogP contribution in [0.15, 0.2) is 24.5 Å². The van der Waals surface area contributed by atoms with E-state index in [0.29, 0.717) is 6.54 Å². The molecule has 31 heavy (non-hydrogen) atoms. The Morgan fingerprint density at radius 1 is 1.06 bits per heavy atom. The fourth-order valence-corrected chi connectivity index (χ4v) is 5.67. The van der Waals surface area contributed by atoms with Crippen molar-refractivity contribution in [2.24, 2.45) is 0 Å². The minimum Gasteiger partial charge on any atom is -0.493 e. The number of benzene rings is 1. The number of thiophene rings is 1. The zero-order valence-corrected chi connectivity index (χ0v) is 18.9. The quantitative estimate of drug-likeness (QED) is 0.425. The molecule has 0 spiro atoms. The molecule has 3 aromatic heterocycles. The van der Waals surface area contributed by atoms with Crippen LogP contribution in [-0.2, 0) is 25.8 Å². The summed E-state index contributed by atoms with van der Waals surface area (Å²) in [4.78, 5) is 15.4. The second kappa shape index (κ2) is 8.30. The van der Waals surface area contributed by atoms with Crippen LogP contribution in [0.5, 0.6) is 11.5 Å². The van der Waals surface area contributed by atoms with Gasteiger partial charge in [-0.25, -0.2) is 15.0 Å². The van der Waals surface area contributed by atoms with Gasteiger partial charge in [0.1, 0.15) is 17.0 Å². The highest BCUT2D eigenvalue weighted by molar-refractivity contribution is 7.26. The fraction of sp³-hybridized carbons (Fsp3) is 0.375. The van der Waals surface area contributed by atoms with E-state index in [0.717, 1.165) is 63.6 Å². The van der Waals surface area contributed by atoms with Crippen LogP contribution in [0.3, 0.4) is 0 Å². The molecule has 0 unspecified atom stereocenters. The van der Waals surface area contributed by atoms with Crippen LogP contribution in [0.25, 0.3) is 20.4 Å². The molecule has 5 rings (SSSR count). The highest BCUT2D eigenvalue weighted by Crippen LogP contribution is 2.41. The van der Waals surface area contributed by atoms with Gasteiger partial charge in [0.25, 0.3) is 0 Å². The van der Waals surface area contributed by atoms with Crippen molar-refractivity contribution < 1.29 is 9.47 Å². The average Bonchev–Trinajstić information content (AvgIpc) is 3.42. The predicted octanol–water partition coefficient (Wildman–Crippen LogP) is 5.31. The summed E-state index contributed by atoms with van der Waals surface area (Å²) < 4.78 is 11.8. The SMILES string of the molecule is CCCc1nc2sc3c(NCc4ccc(OC)c(OC)c4)ncnc3c2c2c1CCC2. The van der Waals surface area contributed by atoms with Gasteiger partial charge in [0.05, 0.1) is 24.4 Å². The Morgan fingerprint density at radius 2 is 1.90 bits per heavy atom. The molecule has 0 radical (unpaired) electrons. The molecule has 4 aromatic rings. The Kier molecular flexibility index (Phi) is 5.36. The first kappa shape index (κ1) is 20.0. The lowest BCUT2D eigenvalue weighted by Gasteiger charge is -2.11. The van der Waals surface area contributed by atoms with Crippen LogP contribution >= 0.6 is 11.3 Å². The molecule has 0 bridgehead atoms. The number of methoxy groups -OCH3 is 2. The number of anilines is 1. The fourth-order valence-electron chi connectivity index (χ4n) is 4.52. The van der Waals surface area contributed by atoms with Crippen molar-refractivity contribution in [1.82, 2.24) is 15.0 Å². The number of rotatable bonds is 7. The molecule has 0 aliphatic heterocycles. The zero-order chi connectivity index (χ0) is 21.4. The summed E-state index contributed by atoms with van der Waals surface area (Å²) in [6, 6.07) is 5.94. The van der Waals surface area contributed by atoms with Gasteiger partial charge >= 0.3 is 0 Å². The molecule has 1 N–H and O–H groups in total. The van der Waals surface area contributed by atoms with Gasteiger partial charge in [-0.15, -0.1) is 11.3 Å². The second-order valence-corrected chi connectivity index (χ2v) is 8.84. The Hall–Kier alpha value is -2.93. The number of pyridine rings is 1. The Balaban J connectivity index is 1.53. The van der Waals surface area contributed by atoms with E-state index in [4.69, 9.17) is 14.5 Å². The first-order valence-corrected chi connectivity index (χ1v) is 11.6. The molecule has 0 saturated carbocycles. The van der Waals surface area contributed by atoms with E-state index in [9.17, 15) is 0 Å². The molecule has 0 fully saturated rings. The van der Waals surface area contributed by atoms with Crippen LogP contribution < -0.4 is 14.8 Å². The van der Waals surface area contributed by atoms with Gasteiger partial charge in [-0.1, -0.05) is 19.4 Å². The van der Waals surface area contributed by atoms with Gasteiger partial charge < -0.3 is 14.8 Å². The normalized spacial score (nSPS) is 13.0. The standard InChI is InChI=1S/C24H26N4O2S/c1-4-6-17-15-7-5-8-16(15)20-21-22(31-24(20)28-17)23(27-13-26-21)25-12-14-9-10-18(29-2)19(11-14)30-3/h9-11,13H,4-8,12H2,1-3H3,(H,25,26,27). The molecule has 0 amide bonds. The van der Waals surface area contributed by atoms with Crippen molar-refractivity contribution in [1.29, 1.82) is 0 Å². The summed E-state index contributed by atoms with van der Waals surface area (Å²) in [7, 11) is 3.30. The van der Waals surface area contributed by atoms with E-state index in [1.54, 1.807) is 31.9 Å². The summed E-state index contributed by atoms with van der Waals surface area (Å²) >= 11 is 1.70. The van der Waals surface area contributed by atoms with Crippen molar-refractivity contribution >= 4 is 37.6 Å². The third-order valence-corrected chi connectivity index (χ3v) is 7.03. The molecule has 6 nitrogen and oxygen atoms in total. The van der Waals surface area contributed by atoms with Crippen LogP contribution in [0.4, 0.5) is 5.82 Å². The molecular weight excluding hydrogens is 408 g/mol. The molecule has 7 heteroatoms. The number of fused-ring (bicyclic) bond motifs is 5. The Morgan fingerprint density at radius 3 is 2.71 bits per heavy atom. The summed E-state index contributed by atoms with van der Waals surface area (Å²) in [5.74, 6) is 2.30. The van der Waals surface area contributed by atoms with E-state index in [1.165, 1.54) is 28.6 Å². The van der Waals surface area contributed by atoms with Gasteiger partial charge in [0, 0.05) is 17.6 Å². The highest BCUT2D eigenvalue weighted by Gasteiger charge is 2.24. The first-order chi connectivity index (χ1) is 15.2. The van der Waals surface area contributed by atoms with Gasteiger partial charge in [0.15, 0.2) is 11.5 Å². The number of aromatic nitrogens is 3. The molecule has 1 aromatic carbocycles. The van der Waals surface area contributed by atoms with Crippen LogP contribution in [0.1, 0.15) is 42.1 Å². The molecule has 1 aliphatic carbocycles. The van der Waals surface area contributed by atoms with Crippen molar-refractivity contribution in [3.63, 3.8) is 0 Å². The van der Waals surface area contributed by atoms with Gasteiger partial charge in [-0.05, 0) is 54.5 Å². The highest BCUT2D eigenvalue weighted by atomic mass is 32.1. The predicted molar refractivity (Wildman–Crippen MR) is 126 cm³/mol. The first-order valence-electron chi connectivity index (χ1n) is 10.8. The average molecular weight is 435 g/mol. The third-order valence-electron chi connectivity index (χ3n) is 5.95. The van der Waals surface area contributed by atoms with E-state index < -0.39 is 0 Å². The molecular formula is C24H26N4O2S. The molecule has 1 aliphatic rings. The van der Waals surface area contributed by atoms with Gasteiger partial charge in [0.2, 0.25) is 0 Å². The Bertz CT molecular complexity index is 1270. The molecule has 3 heterocycles.